The Morgan fingerprint density at radius 1 is 1.19 bits per heavy atom. The molecule has 2 aliphatic heterocycles. The first-order valence-electron chi connectivity index (χ1n) is 12.8. The molecule has 2 atom stereocenters. The molecule has 2 saturated heterocycles. The van der Waals surface area contributed by atoms with E-state index >= 15 is 0 Å². The molecule has 1 aliphatic carbocycles. The second-order valence-corrected chi connectivity index (χ2v) is 12.2. The monoisotopic (exact) mass is 515 g/mol. The molecule has 0 spiro atoms. The number of aromatic carboxylic acids is 1. The molecular weight excluding hydrogens is 482 g/mol. The van der Waals surface area contributed by atoms with Crippen LogP contribution in [0, 0.1) is 11.8 Å². The van der Waals surface area contributed by atoms with Crippen molar-refractivity contribution in [2.75, 3.05) is 26.2 Å². The fourth-order valence-corrected chi connectivity index (χ4v) is 7.17. The number of fused-ring (bicyclic) bond motifs is 2. The molecule has 2 aromatic rings. The van der Waals surface area contributed by atoms with Crippen molar-refractivity contribution in [1.82, 2.24) is 14.6 Å². The van der Waals surface area contributed by atoms with E-state index in [1.165, 1.54) is 16.4 Å². The van der Waals surface area contributed by atoms with Gasteiger partial charge in [-0.3, -0.25) is 9.78 Å². The van der Waals surface area contributed by atoms with E-state index in [1.807, 2.05) is 0 Å². The van der Waals surface area contributed by atoms with Crippen LogP contribution in [0.2, 0.25) is 0 Å². The summed E-state index contributed by atoms with van der Waals surface area (Å²) in [5.74, 6) is -0.988. The Balaban J connectivity index is 1.34. The van der Waals surface area contributed by atoms with Crippen molar-refractivity contribution in [2.24, 2.45) is 11.8 Å². The first kappa shape index (κ1) is 25.1. The molecule has 1 amide bonds. The lowest BCUT2D eigenvalue weighted by Crippen LogP contribution is -2.44. The minimum absolute atomic E-state index is 0.0515. The van der Waals surface area contributed by atoms with E-state index in [9.17, 15) is 23.1 Å². The lowest BCUT2D eigenvalue weighted by molar-refractivity contribution is -0.126. The van der Waals surface area contributed by atoms with E-state index in [0.717, 1.165) is 43.5 Å². The highest BCUT2D eigenvalue weighted by Crippen LogP contribution is 2.33. The van der Waals surface area contributed by atoms with E-state index in [2.05, 4.69) is 17.2 Å². The van der Waals surface area contributed by atoms with Crippen LogP contribution in [0.25, 0.3) is 10.9 Å². The van der Waals surface area contributed by atoms with Crippen molar-refractivity contribution in [3.8, 4) is 0 Å². The fourth-order valence-electron chi connectivity index (χ4n) is 5.67. The van der Waals surface area contributed by atoms with Crippen molar-refractivity contribution < 1.29 is 27.9 Å². The highest BCUT2D eigenvalue weighted by molar-refractivity contribution is 7.89. The summed E-state index contributed by atoms with van der Waals surface area (Å²) in [6.45, 7) is 3.80. The van der Waals surface area contributed by atoms with Gasteiger partial charge < -0.3 is 15.2 Å². The number of aryl methyl sites for hydroxylation is 1. The quantitative estimate of drug-likeness (QED) is 0.606. The molecule has 0 bridgehead atoms. The summed E-state index contributed by atoms with van der Waals surface area (Å²) in [6.07, 6.45) is 5.22. The molecule has 1 aromatic carbocycles. The van der Waals surface area contributed by atoms with Crippen LogP contribution in [0.15, 0.2) is 23.1 Å². The molecule has 2 N–H and O–H groups in total. The molecule has 194 valence electrons. The number of carboxylic acid groups (broad SMARTS) is 1. The van der Waals surface area contributed by atoms with Gasteiger partial charge in [-0.2, -0.15) is 4.31 Å². The number of ether oxygens (including phenoxy) is 1. The zero-order valence-electron chi connectivity index (χ0n) is 20.5. The number of hydrogen-bond acceptors (Lipinski definition) is 6. The number of hydrogen-bond donors (Lipinski definition) is 2. The SMILES string of the molecule is CC1CCc2nc3ccc(S(=O)(=O)N4CCC(C(=O)NCC5CCCO5)CC4)cc3c(C(=O)O)c2C1. The minimum Gasteiger partial charge on any atom is -0.478 e. The van der Waals surface area contributed by atoms with Crippen molar-refractivity contribution >= 4 is 32.8 Å². The summed E-state index contributed by atoms with van der Waals surface area (Å²) in [6, 6.07) is 4.58. The Morgan fingerprint density at radius 2 is 1.97 bits per heavy atom. The summed E-state index contributed by atoms with van der Waals surface area (Å²) in [4.78, 5) is 29.6. The number of carbonyl (C=O) groups excluding carboxylic acids is 1. The Morgan fingerprint density at radius 3 is 2.67 bits per heavy atom. The van der Waals surface area contributed by atoms with Gasteiger partial charge in [-0.15, -0.1) is 0 Å². The van der Waals surface area contributed by atoms with Crippen LogP contribution in [-0.4, -0.2) is 67.0 Å². The van der Waals surface area contributed by atoms with Crippen LogP contribution >= 0.6 is 0 Å². The lowest BCUT2D eigenvalue weighted by Gasteiger charge is -2.31. The average molecular weight is 516 g/mol. The van der Waals surface area contributed by atoms with Crippen molar-refractivity contribution in [1.29, 1.82) is 0 Å². The third kappa shape index (κ3) is 4.86. The van der Waals surface area contributed by atoms with E-state index in [4.69, 9.17) is 4.74 Å². The number of nitrogens with one attached hydrogen (secondary N) is 1. The predicted octanol–water partition coefficient (Wildman–Crippen LogP) is 2.75. The smallest absolute Gasteiger partial charge is 0.336 e. The van der Waals surface area contributed by atoms with Gasteiger partial charge in [0.15, 0.2) is 0 Å². The standard InChI is InChI=1S/C26H33N3O6S/c1-16-4-6-22-20(13-16)24(26(31)32)21-14-19(5-7-23(21)28-22)36(33,34)29-10-8-17(9-11-29)25(30)27-15-18-3-2-12-35-18/h5,7,14,16-18H,2-4,6,8-13,15H2,1H3,(H,27,30)(H,31,32). The fraction of sp³-hybridized carbons (Fsp3) is 0.577. The molecule has 0 radical (unpaired) electrons. The number of carbonyl (C=O) groups is 2. The molecule has 9 nitrogen and oxygen atoms in total. The first-order valence-corrected chi connectivity index (χ1v) is 14.3. The van der Waals surface area contributed by atoms with E-state index in [-0.39, 0.29) is 41.5 Å². The first-order chi connectivity index (χ1) is 17.2. The molecule has 1 aromatic heterocycles. The zero-order chi connectivity index (χ0) is 25.4. The molecule has 3 heterocycles. The number of carboxylic acids is 1. The number of amides is 1. The molecule has 36 heavy (non-hydrogen) atoms. The van der Waals surface area contributed by atoms with Crippen LogP contribution in [0.5, 0.6) is 0 Å². The van der Waals surface area contributed by atoms with Gasteiger partial charge >= 0.3 is 5.97 Å². The minimum atomic E-state index is -3.84. The molecule has 2 unspecified atom stereocenters. The number of sulfonamides is 1. The Labute approximate surface area is 211 Å². The van der Waals surface area contributed by atoms with Crippen LogP contribution in [0.1, 0.15) is 60.6 Å². The molecule has 5 rings (SSSR count). The van der Waals surface area contributed by atoms with Crippen LogP contribution in [0.4, 0.5) is 0 Å². The number of pyridine rings is 1. The maximum Gasteiger partial charge on any atom is 0.336 e. The van der Waals surface area contributed by atoms with Gasteiger partial charge in [0.05, 0.1) is 22.1 Å². The lowest BCUT2D eigenvalue weighted by atomic mass is 9.84. The van der Waals surface area contributed by atoms with Gasteiger partial charge in [-0.1, -0.05) is 6.92 Å². The number of benzene rings is 1. The van der Waals surface area contributed by atoms with Gasteiger partial charge in [0.1, 0.15) is 0 Å². The van der Waals surface area contributed by atoms with Gasteiger partial charge in [0.25, 0.3) is 0 Å². The predicted molar refractivity (Wildman–Crippen MR) is 133 cm³/mol. The van der Waals surface area contributed by atoms with E-state index in [0.29, 0.717) is 42.6 Å². The van der Waals surface area contributed by atoms with Gasteiger partial charge in [0, 0.05) is 43.2 Å². The van der Waals surface area contributed by atoms with E-state index < -0.39 is 16.0 Å². The molecule has 10 heteroatoms. The third-order valence-corrected chi connectivity index (χ3v) is 9.67. The highest BCUT2D eigenvalue weighted by Gasteiger charge is 2.33. The Kier molecular flexibility index (Phi) is 7.02. The summed E-state index contributed by atoms with van der Waals surface area (Å²) in [5.41, 5.74) is 2.19. The zero-order valence-corrected chi connectivity index (χ0v) is 21.3. The largest absolute Gasteiger partial charge is 0.478 e. The van der Waals surface area contributed by atoms with Crippen molar-refractivity contribution in [3.63, 3.8) is 0 Å². The van der Waals surface area contributed by atoms with Gasteiger partial charge in [-0.05, 0) is 74.6 Å². The van der Waals surface area contributed by atoms with Crippen LogP contribution in [0.3, 0.4) is 0 Å². The topological polar surface area (TPSA) is 126 Å². The van der Waals surface area contributed by atoms with Gasteiger partial charge in [-0.25, -0.2) is 13.2 Å². The van der Waals surface area contributed by atoms with Gasteiger partial charge in [0.2, 0.25) is 15.9 Å². The normalized spacial score (nSPS) is 23.5. The van der Waals surface area contributed by atoms with E-state index in [1.54, 1.807) is 6.07 Å². The number of rotatable bonds is 6. The molecule has 0 saturated carbocycles. The maximum atomic E-state index is 13.5. The highest BCUT2D eigenvalue weighted by atomic mass is 32.2. The molecule has 2 fully saturated rings. The number of piperidine rings is 1. The Hall–Kier alpha value is -2.56. The third-order valence-electron chi connectivity index (χ3n) is 7.77. The summed E-state index contributed by atoms with van der Waals surface area (Å²) >= 11 is 0. The van der Waals surface area contributed by atoms with Crippen LogP contribution < -0.4 is 5.32 Å². The molecule has 3 aliphatic rings. The summed E-state index contributed by atoms with van der Waals surface area (Å²) < 4.78 is 33.9. The van der Waals surface area contributed by atoms with Crippen molar-refractivity contribution in [2.45, 2.75) is 62.9 Å². The second kappa shape index (κ2) is 10.1. The average Bonchev–Trinajstić information content (AvgIpc) is 3.39. The number of aromatic nitrogens is 1. The molecular formula is C26H33N3O6S. The summed E-state index contributed by atoms with van der Waals surface area (Å²) in [7, 11) is -3.84. The maximum absolute atomic E-state index is 13.5. The van der Waals surface area contributed by atoms with Crippen molar-refractivity contribution in [3.05, 3.63) is 35.0 Å². The number of nitrogens with zero attached hydrogens (tertiary/aromatic N) is 2. The Bertz CT molecular complexity index is 1280. The van der Waals surface area contributed by atoms with Crippen LogP contribution in [-0.2, 0) is 32.4 Å². The summed E-state index contributed by atoms with van der Waals surface area (Å²) in [5, 5.41) is 13.3. The second-order valence-electron chi connectivity index (χ2n) is 10.3.